The third-order valence-corrected chi connectivity index (χ3v) is 3.29. The number of rotatable bonds is 2. The van der Waals surface area contributed by atoms with Crippen LogP contribution >= 0.6 is 27.3 Å². The average molecular weight is 294 g/mol. The van der Waals surface area contributed by atoms with Crippen molar-refractivity contribution >= 4 is 38.1 Å². The van der Waals surface area contributed by atoms with Crippen LogP contribution in [0.1, 0.15) is 10.4 Å². The number of nitriles is 1. The SMILES string of the molecule is Cc1cnc(Nc2ccc(Br)cc2C#N)s1. The highest BCUT2D eigenvalue weighted by Gasteiger charge is 2.05. The summed E-state index contributed by atoms with van der Waals surface area (Å²) in [6.07, 6.45) is 1.80. The fourth-order valence-electron chi connectivity index (χ4n) is 1.25. The van der Waals surface area contributed by atoms with Crippen LogP contribution in [-0.4, -0.2) is 4.98 Å². The molecule has 0 fully saturated rings. The van der Waals surface area contributed by atoms with E-state index in [4.69, 9.17) is 5.26 Å². The van der Waals surface area contributed by atoms with Gasteiger partial charge in [0.25, 0.3) is 0 Å². The van der Waals surface area contributed by atoms with Gasteiger partial charge in [0.15, 0.2) is 5.13 Å². The third kappa shape index (κ3) is 2.40. The zero-order chi connectivity index (χ0) is 11.5. The molecule has 0 aliphatic carbocycles. The number of hydrogen-bond acceptors (Lipinski definition) is 4. The molecule has 1 aromatic heterocycles. The molecule has 1 aromatic carbocycles. The molecule has 0 radical (unpaired) electrons. The highest BCUT2D eigenvalue weighted by molar-refractivity contribution is 9.10. The maximum Gasteiger partial charge on any atom is 0.187 e. The number of thiazole rings is 1. The van der Waals surface area contributed by atoms with E-state index >= 15 is 0 Å². The minimum atomic E-state index is 0.599. The van der Waals surface area contributed by atoms with Gasteiger partial charge in [-0.25, -0.2) is 4.98 Å². The Morgan fingerprint density at radius 1 is 1.50 bits per heavy atom. The Morgan fingerprint density at radius 3 is 2.94 bits per heavy atom. The smallest absolute Gasteiger partial charge is 0.187 e. The summed E-state index contributed by atoms with van der Waals surface area (Å²) in [6, 6.07) is 7.68. The van der Waals surface area contributed by atoms with E-state index in [9.17, 15) is 0 Å². The molecule has 0 aliphatic rings. The molecule has 1 heterocycles. The maximum absolute atomic E-state index is 9.00. The van der Waals surface area contributed by atoms with Crippen LogP contribution in [-0.2, 0) is 0 Å². The molecule has 2 aromatic rings. The van der Waals surface area contributed by atoms with Crippen molar-refractivity contribution in [2.45, 2.75) is 6.92 Å². The minimum absolute atomic E-state index is 0.599. The van der Waals surface area contributed by atoms with Crippen molar-refractivity contribution in [3.8, 4) is 6.07 Å². The zero-order valence-electron chi connectivity index (χ0n) is 8.49. The Balaban J connectivity index is 2.31. The molecule has 0 aliphatic heterocycles. The predicted molar refractivity (Wildman–Crippen MR) is 69.0 cm³/mol. The van der Waals surface area contributed by atoms with E-state index in [1.165, 1.54) is 0 Å². The number of nitrogens with zero attached hydrogens (tertiary/aromatic N) is 2. The summed E-state index contributed by atoms with van der Waals surface area (Å²) in [7, 11) is 0. The van der Waals surface area contributed by atoms with Gasteiger partial charge in [-0.1, -0.05) is 15.9 Å². The lowest BCUT2D eigenvalue weighted by molar-refractivity contribution is 1.36. The van der Waals surface area contributed by atoms with E-state index < -0.39 is 0 Å². The molecule has 0 atom stereocenters. The molecular weight excluding hydrogens is 286 g/mol. The molecule has 0 spiro atoms. The van der Waals surface area contributed by atoms with Crippen molar-refractivity contribution < 1.29 is 0 Å². The molecule has 0 saturated carbocycles. The lowest BCUT2D eigenvalue weighted by Gasteiger charge is -2.04. The second-order valence-electron chi connectivity index (χ2n) is 3.20. The summed E-state index contributed by atoms with van der Waals surface area (Å²) in [5.74, 6) is 0. The normalized spacial score (nSPS) is 9.81. The first-order chi connectivity index (χ1) is 7.69. The van der Waals surface area contributed by atoms with Gasteiger partial charge in [-0.05, 0) is 25.1 Å². The first kappa shape index (κ1) is 11.1. The van der Waals surface area contributed by atoms with Crippen LogP contribution in [0.2, 0.25) is 0 Å². The Morgan fingerprint density at radius 2 is 2.31 bits per heavy atom. The van der Waals surface area contributed by atoms with Crippen molar-refractivity contribution in [2.24, 2.45) is 0 Å². The average Bonchev–Trinajstić information content (AvgIpc) is 2.67. The van der Waals surface area contributed by atoms with Gasteiger partial charge in [0.1, 0.15) is 6.07 Å². The Labute approximate surface area is 106 Å². The molecule has 0 amide bonds. The molecule has 0 unspecified atom stereocenters. The van der Waals surface area contributed by atoms with Crippen molar-refractivity contribution in [2.75, 3.05) is 5.32 Å². The van der Waals surface area contributed by atoms with Crippen LogP contribution in [0.4, 0.5) is 10.8 Å². The monoisotopic (exact) mass is 293 g/mol. The highest BCUT2D eigenvalue weighted by atomic mass is 79.9. The van der Waals surface area contributed by atoms with Crippen molar-refractivity contribution in [1.82, 2.24) is 4.98 Å². The quantitative estimate of drug-likeness (QED) is 0.915. The van der Waals surface area contributed by atoms with Gasteiger partial charge in [-0.3, -0.25) is 0 Å². The maximum atomic E-state index is 9.00. The first-order valence-corrected chi connectivity index (χ1v) is 6.19. The van der Waals surface area contributed by atoms with Crippen LogP contribution < -0.4 is 5.32 Å². The fourth-order valence-corrected chi connectivity index (χ4v) is 2.28. The number of nitrogens with one attached hydrogen (secondary N) is 1. The van der Waals surface area contributed by atoms with E-state index in [0.29, 0.717) is 5.56 Å². The van der Waals surface area contributed by atoms with Gasteiger partial charge in [-0.15, -0.1) is 11.3 Å². The first-order valence-electron chi connectivity index (χ1n) is 4.58. The molecule has 2 rings (SSSR count). The number of aromatic nitrogens is 1. The van der Waals surface area contributed by atoms with Crippen molar-refractivity contribution in [1.29, 1.82) is 5.26 Å². The molecule has 80 valence electrons. The number of halogens is 1. The predicted octanol–water partition coefficient (Wildman–Crippen LogP) is 3.83. The van der Waals surface area contributed by atoms with Crippen molar-refractivity contribution in [3.63, 3.8) is 0 Å². The fraction of sp³-hybridized carbons (Fsp3) is 0.0909. The molecule has 1 N–H and O–H groups in total. The van der Waals surface area contributed by atoms with Gasteiger partial charge < -0.3 is 5.32 Å². The summed E-state index contributed by atoms with van der Waals surface area (Å²) >= 11 is 4.90. The van der Waals surface area contributed by atoms with Crippen LogP contribution in [0.3, 0.4) is 0 Å². The Kier molecular flexibility index (Phi) is 3.22. The lowest BCUT2D eigenvalue weighted by Crippen LogP contribution is -1.92. The van der Waals surface area contributed by atoms with Gasteiger partial charge >= 0.3 is 0 Å². The van der Waals surface area contributed by atoms with E-state index in [2.05, 4.69) is 32.3 Å². The summed E-state index contributed by atoms with van der Waals surface area (Å²) < 4.78 is 0.893. The number of aryl methyl sites for hydroxylation is 1. The molecule has 16 heavy (non-hydrogen) atoms. The van der Waals surface area contributed by atoms with E-state index in [-0.39, 0.29) is 0 Å². The molecule has 3 nitrogen and oxygen atoms in total. The molecule has 5 heteroatoms. The van der Waals surface area contributed by atoms with Crippen LogP contribution in [0.15, 0.2) is 28.9 Å². The minimum Gasteiger partial charge on any atom is -0.330 e. The van der Waals surface area contributed by atoms with Crippen LogP contribution in [0.25, 0.3) is 0 Å². The Bertz CT molecular complexity index is 557. The van der Waals surface area contributed by atoms with Gasteiger partial charge in [0.05, 0.1) is 11.3 Å². The molecular formula is C11H8BrN3S. The highest BCUT2D eigenvalue weighted by Crippen LogP contribution is 2.26. The van der Waals surface area contributed by atoms with Gasteiger partial charge in [0.2, 0.25) is 0 Å². The second-order valence-corrected chi connectivity index (χ2v) is 5.35. The second kappa shape index (κ2) is 4.64. The third-order valence-electron chi connectivity index (χ3n) is 1.96. The van der Waals surface area contributed by atoms with E-state index in [1.54, 1.807) is 23.6 Å². The van der Waals surface area contributed by atoms with Crippen LogP contribution in [0, 0.1) is 18.3 Å². The summed E-state index contributed by atoms with van der Waals surface area (Å²) in [5, 5.41) is 12.9. The van der Waals surface area contributed by atoms with Gasteiger partial charge in [-0.2, -0.15) is 5.26 Å². The largest absolute Gasteiger partial charge is 0.330 e. The summed E-state index contributed by atoms with van der Waals surface area (Å²) in [6.45, 7) is 2.00. The lowest BCUT2D eigenvalue weighted by atomic mass is 10.2. The van der Waals surface area contributed by atoms with Crippen molar-refractivity contribution in [3.05, 3.63) is 39.3 Å². The topological polar surface area (TPSA) is 48.7 Å². The van der Waals surface area contributed by atoms with Crippen LogP contribution in [0.5, 0.6) is 0 Å². The summed E-state index contributed by atoms with van der Waals surface area (Å²) in [4.78, 5) is 5.33. The molecule has 0 bridgehead atoms. The number of anilines is 2. The standard InChI is InChI=1S/C11H8BrN3S/c1-7-6-14-11(16-7)15-10-3-2-9(12)4-8(10)5-13/h2-4,6H,1H3,(H,14,15). The zero-order valence-corrected chi connectivity index (χ0v) is 10.9. The summed E-state index contributed by atoms with van der Waals surface area (Å²) in [5.41, 5.74) is 1.38. The van der Waals surface area contributed by atoms with E-state index in [1.807, 2.05) is 19.1 Å². The number of hydrogen-bond donors (Lipinski definition) is 1. The number of benzene rings is 1. The van der Waals surface area contributed by atoms with Gasteiger partial charge in [0, 0.05) is 15.5 Å². The van der Waals surface area contributed by atoms with E-state index in [0.717, 1.165) is 20.2 Å². The Hall–Kier alpha value is -1.38. The molecule has 0 saturated heterocycles.